The maximum atomic E-state index is 11.4. The maximum absolute atomic E-state index is 11.4. The van der Waals surface area contributed by atoms with Crippen LogP contribution in [0.15, 0.2) is 24.3 Å². The van der Waals surface area contributed by atoms with Crippen LogP contribution in [0, 0.1) is 0 Å². The van der Waals surface area contributed by atoms with E-state index in [9.17, 15) is 8.42 Å². The second kappa shape index (κ2) is 5.02. The number of ether oxygens (including phenoxy) is 1. The smallest absolute Gasteiger partial charge is 0.152 e. The molecule has 1 saturated heterocycles. The molecule has 0 aliphatic carbocycles. The lowest BCUT2D eigenvalue weighted by molar-refractivity contribution is 0.141. The highest BCUT2D eigenvalue weighted by molar-refractivity contribution is 7.91. The van der Waals surface area contributed by atoms with Gasteiger partial charge in [0.1, 0.15) is 11.9 Å². The molecule has 2 heterocycles. The van der Waals surface area contributed by atoms with Gasteiger partial charge in [0.05, 0.1) is 23.7 Å². The van der Waals surface area contributed by atoms with Crippen molar-refractivity contribution >= 4 is 15.5 Å². The molecule has 19 heavy (non-hydrogen) atoms. The predicted molar refractivity (Wildman–Crippen MR) is 74.4 cm³/mol. The van der Waals surface area contributed by atoms with Crippen LogP contribution in [0.3, 0.4) is 0 Å². The van der Waals surface area contributed by atoms with E-state index in [1.807, 2.05) is 24.3 Å². The molecular formula is C13H18N2O3S. The number of para-hydroxylation sites is 2. The van der Waals surface area contributed by atoms with Gasteiger partial charge >= 0.3 is 0 Å². The van der Waals surface area contributed by atoms with Gasteiger partial charge in [-0.2, -0.15) is 0 Å². The summed E-state index contributed by atoms with van der Waals surface area (Å²) in [7, 11) is -2.80. The molecule has 104 valence electrons. The number of sulfone groups is 1. The molecule has 0 amide bonds. The molecule has 0 aromatic heterocycles. The Bertz CT molecular complexity index is 545. The molecular weight excluding hydrogens is 264 g/mol. The molecule has 6 heteroatoms. The lowest BCUT2D eigenvalue weighted by Gasteiger charge is -2.33. The molecule has 1 aromatic carbocycles. The number of anilines is 1. The van der Waals surface area contributed by atoms with Gasteiger partial charge in [0.2, 0.25) is 0 Å². The first-order valence-corrected chi connectivity index (χ1v) is 8.37. The monoisotopic (exact) mass is 282 g/mol. The van der Waals surface area contributed by atoms with E-state index in [2.05, 4.69) is 10.2 Å². The van der Waals surface area contributed by atoms with E-state index in [-0.39, 0.29) is 17.6 Å². The molecule has 3 rings (SSSR count). The van der Waals surface area contributed by atoms with Crippen molar-refractivity contribution in [1.82, 2.24) is 4.90 Å². The first kappa shape index (κ1) is 12.7. The normalized spacial score (nSPS) is 26.0. The third-order valence-corrected chi connectivity index (χ3v) is 5.21. The highest BCUT2D eigenvalue weighted by Crippen LogP contribution is 2.28. The molecule has 1 atom stereocenters. The fourth-order valence-corrected chi connectivity index (χ4v) is 3.76. The average Bonchev–Trinajstić information content (AvgIpc) is 2.41. The standard InChI is InChI=1S/C13H18N2O3S/c16-19(17)7-5-15(6-8-19)10-11-9-14-12-3-1-2-4-13(12)18-11/h1-4,11,14H,5-10H2. The molecule has 2 aliphatic rings. The lowest BCUT2D eigenvalue weighted by atomic mass is 10.2. The molecule has 1 unspecified atom stereocenters. The highest BCUT2D eigenvalue weighted by Gasteiger charge is 2.26. The van der Waals surface area contributed by atoms with Crippen molar-refractivity contribution in [3.05, 3.63) is 24.3 Å². The Labute approximate surface area is 113 Å². The van der Waals surface area contributed by atoms with Crippen LogP contribution in [-0.2, 0) is 9.84 Å². The van der Waals surface area contributed by atoms with Gasteiger partial charge in [0, 0.05) is 19.6 Å². The van der Waals surface area contributed by atoms with Gasteiger partial charge in [-0.15, -0.1) is 0 Å². The number of nitrogens with zero attached hydrogens (tertiary/aromatic N) is 1. The van der Waals surface area contributed by atoms with Gasteiger partial charge < -0.3 is 10.1 Å². The van der Waals surface area contributed by atoms with Crippen molar-refractivity contribution in [3.8, 4) is 5.75 Å². The number of rotatable bonds is 2. The zero-order valence-corrected chi connectivity index (χ0v) is 11.5. The summed E-state index contributed by atoms with van der Waals surface area (Å²) in [5.41, 5.74) is 1.03. The first-order chi connectivity index (χ1) is 9.12. The SMILES string of the molecule is O=S1(=O)CCN(CC2CNc3ccccc3O2)CC1. The number of nitrogens with one attached hydrogen (secondary N) is 1. The maximum Gasteiger partial charge on any atom is 0.152 e. The van der Waals surface area contributed by atoms with Gasteiger partial charge in [-0.05, 0) is 12.1 Å². The van der Waals surface area contributed by atoms with E-state index >= 15 is 0 Å². The Balaban J connectivity index is 1.58. The third-order valence-electron chi connectivity index (χ3n) is 3.60. The lowest BCUT2D eigenvalue weighted by Crippen LogP contribution is -2.47. The summed E-state index contributed by atoms with van der Waals surface area (Å²) in [4.78, 5) is 2.17. The Hall–Kier alpha value is -1.27. The zero-order chi connectivity index (χ0) is 13.3. The molecule has 0 saturated carbocycles. The van der Waals surface area contributed by atoms with Crippen molar-refractivity contribution in [2.45, 2.75) is 6.10 Å². The van der Waals surface area contributed by atoms with Crippen LogP contribution in [0.4, 0.5) is 5.69 Å². The van der Waals surface area contributed by atoms with Crippen LogP contribution in [-0.4, -0.2) is 57.1 Å². The number of benzene rings is 1. The van der Waals surface area contributed by atoms with Gasteiger partial charge in [-0.1, -0.05) is 12.1 Å². The number of hydrogen-bond donors (Lipinski definition) is 1. The van der Waals surface area contributed by atoms with Crippen LogP contribution in [0.5, 0.6) is 5.75 Å². The minimum Gasteiger partial charge on any atom is -0.485 e. The summed E-state index contributed by atoms with van der Waals surface area (Å²) in [6.45, 7) is 2.77. The van der Waals surface area contributed by atoms with Crippen LogP contribution < -0.4 is 10.1 Å². The second-order valence-corrected chi connectivity index (χ2v) is 7.37. The summed E-state index contributed by atoms with van der Waals surface area (Å²) >= 11 is 0. The van der Waals surface area contributed by atoms with Gasteiger partial charge in [-0.25, -0.2) is 8.42 Å². The van der Waals surface area contributed by atoms with Crippen molar-refractivity contribution in [1.29, 1.82) is 0 Å². The molecule has 5 nitrogen and oxygen atoms in total. The average molecular weight is 282 g/mol. The van der Waals surface area contributed by atoms with Crippen LogP contribution >= 0.6 is 0 Å². The summed E-state index contributed by atoms with van der Waals surface area (Å²) in [5, 5.41) is 3.35. The Morgan fingerprint density at radius 2 is 2.00 bits per heavy atom. The highest BCUT2D eigenvalue weighted by atomic mass is 32.2. The van der Waals surface area contributed by atoms with E-state index in [1.165, 1.54) is 0 Å². The molecule has 0 radical (unpaired) electrons. The van der Waals surface area contributed by atoms with Crippen LogP contribution in [0.1, 0.15) is 0 Å². The summed E-state index contributed by atoms with van der Waals surface area (Å²) < 4.78 is 28.7. The number of fused-ring (bicyclic) bond motifs is 1. The van der Waals surface area contributed by atoms with Crippen molar-refractivity contribution < 1.29 is 13.2 Å². The summed E-state index contributed by atoms with van der Waals surface area (Å²) in [6.07, 6.45) is 0.0794. The van der Waals surface area contributed by atoms with E-state index < -0.39 is 9.84 Å². The topological polar surface area (TPSA) is 58.6 Å². The Morgan fingerprint density at radius 3 is 2.79 bits per heavy atom. The second-order valence-electron chi connectivity index (χ2n) is 5.07. The molecule has 1 N–H and O–H groups in total. The minimum atomic E-state index is -2.80. The van der Waals surface area contributed by atoms with E-state index in [4.69, 9.17) is 4.74 Å². The van der Waals surface area contributed by atoms with Crippen molar-refractivity contribution in [3.63, 3.8) is 0 Å². The van der Waals surface area contributed by atoms with E-state index in [0.29, 0.717) is 13.1 Å². The molecule has 1 fully saturated rings. The first-order valence-electron chi connectivity index (χ1n) is 6.55. The molecule has 2 aliphatic heterocycles. The van der Waals surface area contributed by atoms with E-state index in [1.54, 1.807) is 0 Å². The molecule has 0 spiro atoms. The quantitative estimate of drug-likeness (QED) is 0.860. The molecule has 0 bridgehead atoms. The third kappa shape index (κ3) is 3.01. The van der Waals surface area contributed by atoms with Crippen LogP contribution in [0.25, 0.3) is 0 Å². The fourth-order valence-electron chi connectivity index (χ4n) is 2.48. The largest absolute Gasteiger partial charge is 0.485 e. The van der Waals surface area contributed by atoms with E-state index in [0.717, 1.165) is 24.5 Å². The molecule has 1 aromatic rings. The Morgan fingerprint density at radius 1 is 1.26 bits per heavy atom. The van der Waals surface area contributed by atoms with Gasteiger partial charge in [0.25, 0.3) is 0 Å². The zero-order valence-electron chi connectivity index (χ0n) is 10.7. The fraction of sp³-hybridized carbons (Fsp3) is 0.538. The van der Waals surface area contributed by atoms with Crippen molar-refractivity contribution in [2.24, 2.45) is 0 Å². The van der Waals surface area contributed by atoms with Crippen molar-refractivity contribution in [2.75, 3.05) is 43.0 Å². The summed E-state index contributed by atoms with van der Waals surface area (Å²) in [6, 6.07) is 7.88. The van der Waals surface area contributed by atoms with Gasteiger partial charge in [-0.3, -0.25) is 4.90 Å². The van der Waals surface area contributed by atoms with Crippen LogP contribution in [0.2, 0.25) is 0 Å². The Kier molecular flexibility index (Phi) is 3.36. The summed E-state index contributed by atoms with van der Waals surface area (Å²) in [5.74, 6) is 1.41. The minimum absolute atomic E-state index is 0.0794. The van der Waals surface area contributed by atoms with Gasteiger partial charge in [0.15, 0.2) is 9.84 Å². The number of hydrogen-bond acceptors (Lipinski definition) is 5. The predicted octanol–water partition coefficient (Wildman–Crippen LogP) is 0.590.